The number of benzene rings is 1. The molecule has 3 nitrogen and oxygen atoms in total. The Morgan fingerprint density at radius 1 is 1.41 bits per heavy atom. The van der Waals surface area contributed by atoms with Gasteiger partial charge in [0.25, 0.3) is 0 Å². The molecule has 0 aliphatic heterocycles. The highest BCUT2D eigenvalue weighted by molar-refractivity contribution is 5.58. The Morgan fingerprint density at radius 3 is 2.94 bits per heavy atom. The summed E-state index contributed by atoms with van der Waals surface area (Å²) in [5, 5.41) is 4.39. The second-order valence-corrected chi connectivity index (χ2v) is 3.95. The molecular formula is C14H15N3. The van der Waals surface area contributed by atoms with Gasteiger partial charge in [0.05, 0.1) is 0 Å². The van der Waals surface area contributed by atoms with E-state index in [4.69, 9.17) is 6.42 Å². The lowest BCUT2D eigenvalue weighted by Crippen LogP contribution is -1.95. The van der Waals surface area contributed by atoms with E-state index in [9.17, 15) is 0 Å². The lowest BCUT2D eigenvalue weighted by atomic mass is 10.1. The predicted octanol–water partition coefficient (Wildman–Crippen LogP) is 2.42. The molecule has 0 fully saturated rings. The van der Waals surface area contributed by atoms with Crippen LogP contribution >= 0.6 is 0 Å². The van der Waals surface area contributed by atoms with Crippen molar-refractivity contribution in [3.63, 3.8) is 0 Å². The molecule has 0 atom stereocenters. The Bertz CT molecular complexity index is 561. The Morgan fingerprint density at radius 2 is 2.24 bits per heavy atom. The van der Waals surface area contributed by atoms with Crippen molar-refractivity contribution < 1.29 is 0 Å². The van der Waals surface area contributed by atoms with Crippen LogP contribution in [0.2, 0.25) is 0 Å². The van der Waals surface area contributed by atoms with E-state index >= 15 is 0 Å². The van der Waals surface area contributed by atoms with Crippen molar-refractivity contribution in [2.24, 2.45) is 7.05 Å². The van der Waals surface area contributed by atoms with Crippen LogP contribution in [0.1, 0.15) is 24.7 Å². The first-order valence-corrected chi connectivity index (χ1v) is 5.71. The molecule has 1 aromatic carbocycles. The van der Waals surface area contributed by atoms with E-state index in [0.717, 1.165) is 35.6 Å². The van der Waals surface area contributed by atoms with Gasteiger partial charge in [-0.05, 0) is 18.6 Å². The molecule has 0 bridgehead atoms. The van der Waals surface area contributed by atoms with Crippen LogP contribution in [0, 0.1) is 12.3 Å². The van der Waals surface area contributed by atoms with Gasteiger partial charge >= 0.3 is 0 Å². The van der Waals surface area contributed by atoms with Crippen LogP contribution in [0.15, 0.2) is 24.3 Å². The van der Waals surface area contributed by atoms with E-state index in [2.05, 4.69) is 22.9 Å². The van der Waals surface area contributed by atoms with Gasteiger partial charge in [0.2, 0.25) is 0 Å². The van der Waals surface area contributed by atoms with E-state index in [1.165, 1.54) is 0 Å². The first-order valence-electron chi connectivity index (χ1n) is 5.71. The monoisotopic (exact) mass is 225 g/mol. The Labute approximate surface area is 102 Å². The van der Waals surface area contributed by atoms with Crippen molar-refractivity contribution in [1.82, 2.24) is 14.8 Å². The fourth-order valence-electron chi connectivity index (χ4n) is 1.77. The molecule has 1 aromatic heterocycles. The fourth-order valence-corrected chi connectivity index (χ4v) is 1.77. The minimum absolute atomic E-state index is 0.863. The summed E-state index contributed by atoms with van der Waals surface area (Å²) < 4.78 is 1.81. The summed E-state index contributed by atoms with van der Waals surface area (Å²) >= 11 is 0. The molecule has 86 valence electrons. The van der Waals surface area contributed by atoms with E-state index in [1.54, 1.807) is 4.68 Å². The van der Waals surface area contributed by atoms with Crippen molar-refractivity contribution in [2.45, 2.75) is 19.8 Å². The van der Waals surface area contributed by atoms with Crippen LogP contribution in [-0.4, -0.2) is 14.8 Å². The number of nitrogens with zero attached hydrogens (tertiary/aromatic N) is 3. The molecule has 0 unspecified atom stereocenters. The van der Waals surface area contributed by atoms with Gasteiger partial charge in [-0.2, -0.15) is 5.10 Å². The first-order chi connectivity index (χ1) is 8.24. The van der Waals surface area contributed by atoms with Crippen LogP contribution in [0.3, 0.4) is 0 Å². The van der Waals surface area contributed by atoms with Gasteiger partial charge in [0, 0.05) is 24.6 Å². The number of hydrogen-bond acceptors (Lipinski definition) is 2. The third-order valence-corrected chi connectivity index (χ3v) is 2.57. The molecule has 0 saturated carbocycles. The number of hydrogen-bond donors (Lipinski definition) is 0. The molecular weight excluding hydrogens is 210 g/mol. The van der Waals surface area contributed by atoms with Gasteiger partial charge in [-0.15, -0.1) is 6.42 Å². The van der Waals surface area contributed by atoms with Gasteiger partial charge in [-0.3, -0.25) is 0 Å². The van der Waals surface area contributed by atoms with Crippen molar-refractivity contribution in [3.8, 4) is 23.7 Å². The second kappa shape index (κ2) is 4.84. The second-order valence-electron chi connectivity index (χ2n) is 3.95. The maximum Gasteiger partial charge on any atom is 0.158 e. The van der Waals surface area contributed by atoms with Gasteiger partial charge in [-0.25, -0.2) is 9.67 Å². The Kier molecular flexibility index (Phi) is 3.24. The molecule has 0 aliphatic rings. The summed E-state index contributed by atoms with van der Waals surface area (Å²) in [5.74, 6) is 4.38. The number of aromatic nitrogens is 3. The Hall–Kier alpha value is -2.08. The smallest absolute Gasteiger partial charge is 0.158 e. The highest BCUT2D eigenvalue weighted by Gasteiger charge is 2.08. The van der Waals surface area contributed by atoms with Crippen LogP contribution in [0.25, 0.3) is 11.4 Å². The molecule has 0 N–H and O–H groups in total. The van der Waals surface area contributed by atoms with Crippen LogP contribution in [-0.2, 0) is 13.5 Å². The lowest BCUT2D eigenvalue weighted by molar-refractivity contribution is 0.737. The van der Waals surface area contributed by atoms with Crippen molar-refractivity contribution >= 4 is 0 Å². The number of rotatable bonds is 3. The molecule has 2 aromatic rings. The van der Waals surface area contributed by atoms with E-state index < -0.39 is 0 Å². The van der Waals surface area contributed by atoms with Gasteiger partial charge in [0.1, 0.15) is 0 Å². The van der Waals surface area contributed by atoms with Gasteiger partial charge < -0.3 is 0 Å². The van der Waals surface area contributed by atoms with Gasteiger partial charge in [-0.1, -0.05) is 25.0 Å². The highest BCUT2D eigenvalue weighted by Crippen LogP contribution is 2.18. The normalized spacial score (nSPS) is 10.2. The predicted molar refractivity (Wildman–Crippen MR) is 68.4 cm³/mol. The zero-order valence-electron chi connectivity index (χ0n) is 10.1. The van der Waals surface area contributed by atoms with Gasteiger partial charge in [0.15, 0.2) is 11.6 Å². The number of terminal acetylenes is 1. The molecule has 0 radical (unpaired) electrons. The van der Waals surface area contributed by atoms with Crippen LogP contribution in [0.4, 0.5) is 0 Å². The minimum atomic E-state index is 0.863. The zero-order chi connectivity index (χ0) is 12.3. The summed E-state index contributed by atoms with van der Waals surface area (Å²) in [6.45, 7) is 2.12. The SMILES string of the molecule is C#Cc1cccc(-c2nc(CCC)nn2C)c1. The average molecular weight is 225 g/mol. The van der Waals surface area contributed by atoms with Crippen LogP contribution < -0.4 is 0 Å². The molecule has 0 aliphatic carbocycles. The summed E-state index contributed by atoms with van der Waals surface area (Å²) in [6.07, 6.45) is 7.35. The molecule has 2 rings (SSSR count). The molecule has 17 heavy (non-hydrogen) atoms. The molecule has 0 spiro atoms. The summed E-state index contributed by atoms with van der Waals surface area (Å²) in [7, 11) is 1.91. The van der Waals surface area contributed by atoms with E-state index in [-0.39, 0.29) is 0 Å². The van der Waals surface area contributed by atoms with Crippen molar-refractivity contribution in [3.05, 3.63) is 35.7 Å². The summed E-state index contributed by atoms with van der Waals surface area (Å²) in [4.78, 5) is 4.53. The molecule has 0 saturated heterocycles. The largest absolute Gasteiger partial charge is 0.249 e. The lowest BCUT2D eigenvalue weighted by Gasteiger charge is -2.00. The van der Waals surface area contributed by atoms with Crippen LogP contribution in [0.5, 0.6) is 0 Å². The highest BCUT2D eigenvalue weighted by atomic mass is 15.3. The average Bonchev–Trinajstić information content (AvgIpc) is 2.71. The standard InChI is InChI=1S/C14H15N3/c1-4-7-13-15-14(17(3)16-13)12-9-6-8-11(5-2)10-12/h2,6,8-10H,4,7H2,1,3H3. The van der Waals surface area contributed by atoms with E-state index in [0.29, 0.717) is 0 Å². The molecule has 3 heteroatoms. The third kappa shape index (κ3) is 2.36. The fraction of sp³-hybridized carbons (Fsp3) is 0.286. The van der Waals surface area contributed by atoms with Crippen molar-refractivity contribution in [1.29, 1.82) is 0 Å². The maximum absolute atomic E-state index is 5.39. The zero-order valence-corrected chi connectivity index (χ0v) is 10.1. The quantitative estimate of drug-likeness (QED) is 0.751. The van der Waals surface area contributed by atoms with E-state index in [1.807, 2.05) is 31.3 Å². The summed E-state index contributed by atoms with van der Waals surface area (Å²) in [5.41, 5.74) is 1.88. The first kappa shape index (κ1) is 11.4. The number of aryl methyl sites for hydroxylation is 2. The minimum Gasteiger partial charge on any atom is -0.249 e. The summed E-state index contributed by atoms with van der Waals surface area (Å²) in [6, 6.07) is 7.81. The maximum atomic E-state index is 5.39. The molecule has 1 heterocycles. The molecule has 0 amide bonds. The third-order valence-electron chi connectivity index (χ3n) is 2.57. The topological polar surface area (TPSA) is 30.7 Å². The Balaban J connectivity index is 2.42. The van der Waals surface area contributed by atoms with Crippen molar-refractivity contribution in [2.75, 3.05) is 0 Å².